The molecule has 0 aromatic heterocycles. The maximum atomic E-state index is 12.1. The number of benzene rings is 1. The Labute approximate surface area is 113 Å². The Bertz CT molecular complexity index is 565. The fourth-order valence-corrected chi connectivity index (χ4v) is 3.24. The number of rotatable bonds is 6. The third-order valence-electron chi connectivity index (χ3n) is 3.80. The second kappa shape index (κ2) is 5.11. The van der Waals surface area contributed by atoms with Gasteiger partial charge in [0.25, 0.3) is 0 Å². The van der Waals surface area contributed by atoms with Gasteiger partial charge in [0.1, 0.15) is 0 Å². The largest absolute Gasteiger partial charge is 0.398 e. The van der Waals surface area contributed by atoms with Crippen LogP contribution in [0.4, 0.5) is 5.69 Å². The van der Waals surface area contributed by atoms with Crippen LogP contribution in [0.1, 0.15) is 24.8 Å². The standard InChI is InChI=1S/C13H20N2O3S/c1-10-2-3-11(8-12(10)14)19(17,18)15-9-13(4-5-13)6-7-16/h2-3,8,15-16H,4-7,9,14H2,1H3. The van der Waals surface area contributed by atoms with Gasteiger partial charge >= 0.3 is 0 Å². The number of anilines is 1. The molecule has 0 radical (unpaired) electrons. The highest BCUT2D eigenvalue weighted by molar-refractivity contribution is 7.89. The molecule has 0 spiro atoms. The third-order valence-corrected chi connectivity index (χ3v) is 5.20. The molecule has 0 unspecified atom stereocenters. The van der Waals surface area contributed by atoms with Crippen molar-refractivity contribution in [1.29, 1.82) is 0 Å². The van der Waals surface area contributed by atoms with E-state index in [2.05, 4.69) is 4.72 Å². The van der Waals surface area contributed by atoms with Crippen LogP contribution in [0.25, 0.3) is 0 Å². The van der Waals surface area contributed by atoms with Crippen LogP contribution in [-0.4, -0.2) is 26.7 Å². The molecular formula is C13H20N2O3S. The summed E-state index contributed by atoms with van der Waals surface area (Å²) in [6.45, 7) is 2.31. The Hall–Kier alpha value is -1.11. The molecule has 2 rings (SSSR count). The highest BCUT2D eigenvalue weighted by Crippen LogP contribution is 2.48. The second-order valence-corrected chi connectivity index (χ2v) is 7.08. The quantitative estimate of drug-likeness (QED) is 0.680. The van der Waals surface area contributed by atoms with E-state index in [1.54, 1.807) is 12.1 Å². The Balaban J connectivity index is 2.08. The summed E-state index contributed by atoms with van der Waals surface area (Å²) in [6, 6.07) is 4.73. The first-order chi connectivity index (χ1) is 8.88. The SMILES string of the molecule is Cc1ccc(S(=O)(=O)NCC2(CCO)CC2)cc1N. The van der Waals surface area contributed by atoms with E-state index in [4.69, 9.17) is 10.8 Å². The summed E-state index contributed by atoms with van der Waals surface area (Å²) in [5.41, 5.74) is 7.02. The van der Waals surface area contributed by atoms with Gasteiger partial charge in [0.15, 0.2) is 0 Å². The van der Waals surface area contributed by atoms with Gasteiger partial charge in [-0.2, -0.15) is 0 Å². The molecule has 0 bridgehead atoms. The van der Waals surface area contributed by atoms with Gasteiger partial charge in [-0.3, -0.25) is 0 Å². The highest BCUT2D eigenvalue weighted by Gasteiger charge is 2.42. The van der Waals surface area contributed by atoms with E-state index in [0.717, 1.165) is 18.4 Å². The summed E-state index contributed by atoms with van der Waals surface area (Å²) < 4.78 is 26.9. The number of sulfonamides is 1. The smallest absolute Gasteiger partial charge is 0.240 e. The Morgan fingerprint density at radius 2 is 2.11 bits per heavy atom. The topological polar surface area (TPSA) is 92.4 Å². The molecule has 1 aromatic rings. The van der Waals surface area contributed by atoms with E-state index in [9.17, 15) is 8.42 Å². The number of hydrogen-bond acceptors (Lipinski definition) is 4. The molecule has 1 aliphatic carbocycles. The van der Waals surface area contributed by atoms with Gasteiger partial charge in [-0.1, -0.05) is 6.07 Å². The van der Waals surface area contributed by atoms with Crippen LogP contribution in [0.3, 0.4) is 0 Å². The normalized spacial score (nSPS) is 17.4. The van der Waals surface area contributed by atoms with E-state index in [-0.39, 0.29) is 16.9 Å². The lowest BCUT2D eigenvalue weighted by molar-refractivity contribution is 0.249. The van der Waals surface area contributed by atoms with Crippen molar-refractivity contribution in [3.8, 4) is 0 Å². The lowest BCUT2D eigenvalue weighted by atomic mass is 10.0. The number of aliphatic hydroxyl groups excluding tert-OH is 1. The number of nitrogens with one attached hydrogen (secondary N) is 1. The molecule has 0 atom stereocenters. The Morgan fingerprint density at radius 1 is 1.42 bits per heavy atom. The predicted octanol–water partition coefficient (Wildman–Crippen LogP) is 1.02. The molecule has 106 valence electrons. The maximum absolute atomic E-state index is 12.1. The van der Waals surface area contributed by atoms with E-state index in [1.807, 2.05) is 6.92 Å². The van der Waals surface area contributed by atoms with Crippen LogP contribution >= 0.6 is 0 Å². The number of hydrogen-bond donors (Lipinski definition) is 3. The van der Waals surface area contributed by atoms with Gasteiger partial charge < -0.3 is 10.8 Å². The van der Waals surface area contributed by atoms with Crippen molar-refractivity contribution >= 4 is 15.7 Å². The average molecular weight is 284 g/mol. The van der Waals surface area contributed by atoms with E-state index in [0.29, 0.717) is 18.7 Å². The van der Waals surface area contributed by atoms with Gasteiger partial charge in [-0.15, -0.1) is 0 Å². The summed E-state index contributed by atoms with van der Waals surface area (Å²) in [5.74, 6) is 0. The fourth-order valence-electron chi connectivity index (χ4n) is 2.05. The summed E-state index contributed by atoms with van der Waals surface area (Å²) in [7, 11) is -3.52. The van der Waals surface area contributed by atoms with Crippen molar-refractivity contribution in [2.75, 3.05) is 18.9 Å². The van der Waals surface area contributed by atoms with Crippen molar-refractivity contribution in [3.05, 3.63) is 23.8 Å². The molecule has 1 fully saturated rings. The molecule has 1 aliphatic rings. The molecule has 0 aliphatic heterocycles. The summed E-state index contributed by atoms with van der Waals surface area (Å²) in [6.07, 6.45) is 2.57. The van der Waals surface area contributed by atoms with Crippen LogP contribution in [0.2, 0.25) is 0 Å². The molecule has 19 heavy (non-hydrogen) atoms. The summed E-state index contributed by atoms with van der Waals surface area (Å²) in [5, 5.41) is 8.96. The Kier molecular flexibility index (Phi) is 3.85. The number of aliphatic hydroxyl groups is 1. The minimum absolute atomic E-state index is 0.0436. The van der Waals surface area contributed by atoms with Crippen LogP contribution in [-0.2, 0) is 10.0 Å². The number of aryl methyl sites for hydroxylation is 1. The van der Waals surface area contributed by atoms with Gasteiger partial charge in [-0.05, 0) is 49.3 Å². The van der Waals surface area contributed by atoms with Crippen molar-refractivity contribution in [2.24, 2.45) is 5.41 Å². The van der Waals surface area contributed by atoms with E-state index in [1.165, 1.54) is 6.07 Å². The monoisotopic (exact) mass is 284 g/mol. The highest BCUT2D eigenvalue weighted by atomic mass is 32.2. The van der Waals surface area contributed by atoms with Crippen molar-refractivity contribution in [1.82, 2.24) is 4.72 Å². The van der Waals surface area contributed by atoms with Gasteiger partial charge in [-0.25, -0.2) is 13.1 Å². The second-order valence-electron chi connectivity index (χ2n) is 5.32. The van der Waals surface area contributed by atoms with Gasteiger partial charge in [0.05, 0.1) is 4.90 Å². The van der Waals surface area contributed by atoms with Gasteiger partial charge in [0.2, 0.25) is 10.0 Å². The maximum Gasteiger partial charge on any atom is 0.240 e. The first-order valence-electron chi connectivity index (χ1n) is 6.35. The predicted molar refractivity (Wildman–Crippen MR) is 74.1 cm³/mol. The van der Waals surface area contributed by atoms with Crippen molar-refractivity contribution < 1.29 is 13.5 Å². The molecule has 4 N–H and O–H groups in total. The van der Waals surface area contributed by atoms with Crippen LogP contribution < -0.4 is 10.5 Å². The molecule has 1 aromatic carbocycles. The van der Waals surface area contributed by atoms with E-state index < -0.39 is 10.0 Å². The zero-order valence-corrected chi connectivity index (χ0v) is 11.8. The third kappa shape index (κ3) is 3.26. The fraction of sp³-hybridized carbons (Fsp3) is 0.538. The van der Waals surface area contributed by atoms with Crippen LogP contribution in [0.5, 0.6) is 0 Å². The lowest BCUT2D eigenvalue weighted by Crippen LogP contribution is -2.30. The molecule has 0 saturated heterocycles. The summed E-state index contributed by atoms with van der Waals surface area (Å²) >= 11 is 0. The molecule has 0 heterocycles. The molecule has 0 amide bonds. The number of nitrogen functional groups attached to an aromatic ring is 1. The van der Waals surface area contributed by atoms with Crippen molar-refractivity contribution in [3.63, 3.8) is 0 Å². The van der Waals surface area contributed by atoms with Crippen LogP contribution in [0.15, 0.2) is 23.1 Å². The average Bonchev–Trinajstić information content (AvgIpc) is 3.11. The first kappa shape index (κ1) is 14.3. The molecule has 6 heteroatoms. The summed E-state index contributed by atoms with van der Waals surface area (Å²) in [4.78, 5) is 0.190. The minimum Gasteiger partial charge on any atom is -0.398 e. The Morgan fingerprint density at radius 3 is 2.63 bits per heavy atom. The van der Waals surface area contributed by atoms with Gasteiger partial charge in [0, 0.05) is 18.8 Å². The lowest BCUT2D eigenvalue weighted by Gasteiger charge is -2.15. The zero-order chi connectivity index (χ0) is 14.1. The molecule has 1 saturated carbocycles. The van der Waals surface area contributed by atoms with Crippen molar-refractivity contribution in [2.45, 2.75) is 31.1 Å². The molecular weight excluding hydrogens is 264 g/mol. The molecule has 5 nitrogen and oxygen atoms in total. The van der Waals surface area contributed by atoms with E-state index >= 15 is 0 Å². The first-order valence-corrected chi connectivity index (χ1v) is 7.84. The zero-order valence-electron chi connectivity index (χ0n) is 11.0. The number of nitrogens with two attached hydrogens (primary N) is 1. The minimum atomic E-state index is -3.52. The van der Waals surface area contributed by atoms with Crippen LogP contribution in [0, 0.1) is 12.3 Å².